The maximum absolute atomic E-state index is 12.9. The fraction of sp³-hybridized carbons (Fsp3) is 0.379. The molecule has 37 heavy (non-hydrogen) atoms. The van der Waals surface area contributed by atoms with Crippen molar-refractivity contribution in [1.82, 2.24) is 4.98 Å². The van der Waals surface area contributed by atoms with Crippen LogP contribution < -0.4 is 5.32 Å². The van der Waals surface area contributed by atoms with Gasteiger partial charge in [0, 0.05) is 22.6 Å². The molecule has 1 amide bonds. The zero-order valence-electron chi connectivity index (χ0n) is 21.3. The van der Waals surface area contributed by atoms with Gasteiger partial charge >= 0.3 is 5.97 Å². The van der Waals surface area contributed by atoms with Gasteiger partial charge in [0.05, 0.1) is 23.4 Å². The Morgan fingerprint density at radius 1 is 1.11 bits per heavy atom. The highest BCUT2D eigenvalue weighted by molar-refractivity contribution is 7.99. The maximum Gasteiger partial charge on any atom is 0.341 e. The van der Waals surface area contributed by atoms with Crippen molar-refractivity contribution in [1.29, 1.82) is 5.26 Å². The number of rotatable bonds is 8. The second kappa shape index (κ2) is 12.9. The van der Waals surface area contributed by atoms with Gasteiger partial charge < -0.3 is 10.1 Å². The van der Waals surface area contributed by atoms with Crippen molar-refractivity contribution in [3.05, 3.63) is 63.5 Å². The Balaban J connectivity index is 1.45. The Bertz CT molecular complexity index is 1310. The zero-order valence-corrected chi connectivity index (χ0v) is 22.9. The van der Waals surface area contributed by atoms with Gasteiger partial charge in [-0.05, 0) is 57.2 Å². The Kier molecular flexibility index (Phi) is 9.37. The summed E-state index contributed by atoms with van der Waals surface area (Å²) in [4.78, 5) is 31.6. The Morgan fingerprint density at radius 2 is 1.86 bits per heavy atom. The molecule has 0 unspecified atom stereocenters. The molecule has 6 nitrogen and oxygen atoms in total. The second-order valence-electron chi connectivity index (χ2n) is 9.02. The topological polar surface area (TPSA) is 92.1 Å². The van der Waals surface area contributed by atoms with Crippen LogP contribution in [0.15, 0.2) is 41.4 Å². The number of hydrogen-bond donors (Lipinski definition) is 1. The number of carbonyl (C=O) groups is 2. The number of amides is 1. The molecule has 1 aliphatic rings. The number of fused-ring (bicyclic) bond motifs is 1. The normalized spacial score (nSPS) is 13.1. The van der Waals surface area contributed by atoms with Crippen LogP contribution in [-0.2, 0) is 22.4 Å². The van der Waals surface area contributed by atoms with Gasteiger partial charge in [0.2, 0.25) is 5.91 Å². The zero-order chi connectivity index (χ0) is 26.2. The number of nitrogens with one attached hydrogen (secondary N) is 1. The van der Waals surface area contributed by atoms with Crippen LogP contribution in [0.5, 0.6) is 0 Å². The molecule has 0 saturated carbocycles. The number of esters is 1. The number of thiophene rings is 1. The summed E-state index contributed by atoms with van der Waals surface area (Å²) >= 11 is 2.90. The number of hydrogen-bond acceptors (Lipinski definition) is 7. The fourth-order valence-corrected chi connectivity index (χ4v) is 6.58. The highest BCUT2D eigenvalue weighted by Gasteiger charge is 2.26. The van der Waals surface area contributed by atoms with Gasteiger partial charge in [-0.15, -0.1) is 23.1 Å². The average molecular weight is 534 g/mol. The van der Waals surface area contributed by atoms with Gasteiger partial charge in [-0.2, -0.15) is 5.26 Å². The van der Waals surface area contributed by atoms with Gasteiger partial charge in [0.1, 0.15) is 16.1 Å². The lowest BCUT2D eigenvalue weighted by molar-refractivity contribution is -0.115. The van der Waals surface area contributed by atoms with E-state index in [-0.39, 0.29) is 18.3 Å². The minimum absolute atomic E-state index is 0.166. The number of anilines is 1. The summed E-state index contributed by atoms with van der Waals surface area (Å²) in [6.07, 6.45) is 6.47. The monoisotopic (exact) mass is 533 g/mol. The molecule has 3 aromatic rings. The smallest absolute Gasteiger partial charge is 0.341 e. The quantitative estimate of drug-likeness (QED) is 0.249. The minimum atomic E-state index is -0.360. The summed E-state index contributed by atoms with van der Waals surface area (Å²) in [6, 6.07) is 13.9. The number of pyridine rings is 1. The Labute approximate surface area is 226 Å². The number of thioether (sulfide) groups is 1. The number of nitrogens with zero attached hydrogens (tertiary/aromatic N) is 2. The minimum Gasteiger partial charge on any atom is -0.462 e. The van der Waals surface area contributed by atoms with Gasteiger partial charge in [-0.25, -0.2) is 9.78 Å². The van der Waals surface area contributed by atoms with E-state index in [0.29, 0.717) is 33.5 Å². The molecule has 0 saturated heterocycles. The molecule has 4 rings (SSSR count). The Hall–Kier alpha value is -3.15. The van der Waals surface area contributed by atoms with E-state index in [1.54, 1.807) is 13.0 Å². The first-order valence-corrected chi connectivity index (χ1v) is 14.5. The molecule has 0 atom stereocenters. The van der Waals surface area contributed by atoms with E-state index in [1.165, 1.54) is 40.0 Å². The van der Waals surface area contributed by atoms with Crippen LogP contribution in [0.3, 0.4) is 0 Å². The van der Waals surface area contributed by atoms with E-state index >= 15 is 0 Å². The van der Waals surface area contributed by atoms with Crippen molar-refractivity contribution in [2.24, 2.45) is 0 Å². The van der Waals surface area contributed by atoms with E-state index in [0.717, 1.165) is 48.9 Å². The average Bonchev–Trinajstić information content (AvgIpc) is 3.20. The van der Waals surface area contributed by atoms with Crippen molar-refractivity contribution >= 4 is 40.0 Å². The first-order chi connectivity index (χ1) is 18.0. The molecule has 0 fully saturated rings. The lowest BCUT2D eigenvalue weighted by Gasteiger charge is -2.11. The third-order valence-electron chi connectivity index (χ3n) is 6.30. The van der Waals surface area contributed by atoms with Crippen LogP contribution in [0, 0.1) is 18.3 Å². The number of benzene rings is 1. The molecule has 2 heterocycles. The summed E-state index contributed by atoms with van der Waals surface area (Å²) in [5.41, 5.74) is 5.01. The number of ether oxygens (including phenoxy) is 1. The molecule has 0 aliphatic heterocycles. The van der Waals surface area contributed by atoms with Crippen molar-refractivity contribution < 1.29 is 14.3 Å². The van der Waals surface area contributed by atoms with E-state index in [4.69, 9.17) is 9.72 Å². The van der Waals surface area contributed by atoms with E-state index in [1.807, 2.05) is 37.3 Å². The first kappa shape index (κ1) is 26.9. The molecule has 0 radical (unpaired) electrons. The highest BCUT2D eigenvalue weighted by atomic mass is 32.2. The molecule has 0 bridgehead atoms. The number of nitriles is 1. The summed E-state index contributed by atoms with van der Waals surface area (Å²) in [5, 5.41) is 13.7. The van der Waals surface area contributed by atoms with Crippen molar-refractivity contribution in [3.63, 3.8) is 0 Å². The van der Waals surface area contributed by atoms with Gasteiger partial charge in [0.15, 0.2) is 0 Å². The lowest BCUT2D eigenvalue weighted by atomic mass is 9.96. The summed E-state index contributed by atoms with van der Waals surface area (Å²) < 4.78 is 5.34. The molecule has 2 aromatic heterocycles. The van der Waals surface area contributed by atoms with Gasteiger partial charge in [-0.3, -0.25) is 4.79 Å². The van der Waals surface area contributed by atoms with E-state index in [2.05, 4.69) is 11.4 Å². The molecule has 0 spiro atoms. The number of aromatic nitrogens is 1. The van der Waals surface area contributed by atoms with Crippen LogP contribution in [0.25, 0.3) is 11.3 Å². The predicted molar refractivity (Wildman–Crippen MR) is 149 cm³/mol. The molecule has 192 valence electrons. The van der Waals surface area contributed by atoms with Crippen molar-refractivity contribution in [2.45, 2.75) is 63.8 Å². The maximum atomic E-state index is 12.9. The molecular weight excluding hydrogens is 502 g/mol. The van der Waals surface area contributed by atoms with Crippen molar-refractivity contribution in [3.8, 4) is 17.3 Å². The van der Waals surface area contributed by atoms with E-state index in [9.17, 15) is 14.9 Å². The third kappa shape index (κ3) is 6.79. The molecular formula is C29H31N3O3S2. The van der Waals surface area contributed by atoms with Gasteiger partial charge in [-0.1, -0.05) is 42.7 Å². The van der Waals surface area contributed by atoms with E-state index < -0.39 is 0 Å². The first-order valence-electron chi connectivity index (χ1n) is 12.7. The summed E-state index contributed by atoms with van der Waals surface area (Å²) in [7, 11) is 0. The molecule has 1 N–H and O–H groups in total. The van der Waals surface area contributed by atoms with Crippen LogP contribution in [0.2, 0.25) is 0 Å². The van der Waals surface area contributed by atoms with Crippen LogP contribution >= 0.6 is 23.1 Å². The Morgan fingerprint density at radius 3 is 2.59 bits per heavy atom. The molecule has 8 heteroatoms. The second-order valence-corrected chi connectivity index (χ2v) is 11.2. The number of carbonyl (C=O) groups excluding carboxylic acids is 2. The van der Waals surface area contributed by atoms with Crippen LogP contribution in [0.4, 0.5) is 5.00 Å². The van der Waals surface area contributed by atoms with Crippen LogP contribution in [-0.4, -0.2) is 29.2 Å². The molecule has 1 aliphatic carbocycles. The van der Waals surface area contributed by atoms with Gasteiger partial charge in [0.25, 0.3) is 0 Å². The predicted octanol–water partition coefficient (Wildman–Crippen LogP) is 6.95. The molecule has 1 aromatic carbocycles. The standard InChI is InChI=1S/C29H31N3O3S2/c1-3-35-29(34)26-22-8-6-4-5-7-9-24(22)37-28(26)32-25(33)16-17-36-27-21(18-30)14-15-23(31-27)20-12-10-19(2)11-13-20/h10-15H,3-9,16-17H2,1-2H3,(H,32,33). The van der Waals surface area contributed by atoms with Crippen molar-refractivity contribution in [2.75, 3.05) is 17.7 Å². The largest absolute Gasteiger partial charge is 0.462 e. The lowest BCUT2D eigenvalue weighted by Crippen LogP contribution is -2.15. The summed E-state index contributed by atoms with van der Waals surface area (Å²) in [5.74, 6) is -0.0634. The highest BCUT2D eigenvalue weighted by Crippen LogP contribution is 2.38. The number of aryl methyl sites for hydroxylation is 2. The third-order valence-corrected chi connectivity index (χ3v) is 8.50. The fourth-order valence-electron chi connectivity index (χ4n) is 4.38. The SMILES string of the molecule is CCOC(=O)c1c(NC(=O)CCSc2nc(-c3ccc(C)cc3)ccc2C#N)sc2c1CCCCCC2. The van der Waals surface area contributed by atoms with Crippen LogP contribution in [0.1, 0.15) is 71.0 Å². The summed E-state index contributed by atoms with van der Waals surface area (Å²) in [6.45, 7) is 4.12.